The molecule has 7 heteroatoms. The normalized spacial score (nSPS) is 16.0. The Morgan fingerprint density at radius 1 is 1.28 bits per heavy atom. The third kappa shape index (κ3) is 3.27. The zero-order valence-corrected chi connectivity index (χ0v) is 15.8. The lowest BCUT2D eigenvalue weighted by Gasteiger charge is -2.20. The van der Waals surface area contributed by atoms with Crippen LogP contribution in [-0.4, -0.2) is 15.6 Å². The molecule has 1 aliphatic carbocycles. The summed E-state index contributed by atoms with van der Waals surface area (Å²) < 4.78 is 19.6. The van der Waals surface area contributed by atoms with Crippen LogP contribution in [0.3, 0.4) is 0 Å². The van der Waals surface area contributed by atoms with Crippen LogP contribution in [0.15, 0.2) is 28.0 Å². The Labute approximate surface area is 154 Å². The number of halogens is 1. The Morgan fingerprint density at radius 3 is 2.80 bits per heavy atom. The highest BCUT2D eigenvalue weighted by Gasteiger charge is 2.27. The number of benzene rings is 1. The predicted octanol–water partition coefficient (Wildman–Crippen LogP) is 4.68. The van der Waals surface area contributed by atoms with Crippen molar-refractivity contribution >= 4 is 40.8 Å². The highest BCUT2D eigenvalue weighted by atomic mass is 32.2. The van der Waals surface area contributed by atoms with E-state index >= 15 is 0 Å². The predicted molar refractivity (Wildman–Crippen MR) is 105 cm³/mol. The summed E-state index contributed by atoms with van der Waals surface area (Å²) in [6.45, 7) is 4.39. The second-order valence-electron chi connectivity index (χ2n) is 6.51. The van der Waals surface area contributed by atoms with Gasteiger partial charge in [-0.3, -0.25) is 4.79 Å². The SMILES string of the molecule is Cc1ccc(Nc2c(NSC3CC3)c3n(c(=O)c2C)CCS3)c(F)c1. The van der Waals surface area contributed by atoms with Crippen molar-refractivity contribution in [1.29, 1.82) is 0 Å². The minimum atomic E-state index is -0.312. The molecule has 0 saturated heterocycles. The molecule has 0 amide bonds. The lowest BCUT2D eigenvalue weighted by molar-refractivity contribution is 0.630. The van der Waals surface area contributed by atoms with Crippen LogP contribution in [0, 0.1) is 19.7 Å². The van der Waals surface area contributed by atoms with E-state index in [0.29, 0.717) is 22.2 Å². The van der Waals surface area contributed by atoms with Gasteiger partial charge in [0, 0.05) is 23.1 Å². The zero-order chi connectivity index (χ0) is 17.6. The van der Waals surface area contributed by atoms with Crippen molar-refractivity contribution in [3.8, 4) is 0 Å². The third-order valence-electron chi connectivity index (χ3n) is 4.44. The minimum absolute atomic E-state index is 0.00279. The van der Waals surface area contributed by atoms with Gasteiger partial charge in [-0.1, -0.05) is 6.07 Å². The summed E-state index contributed by atoms with van der Waals surface area (Å²) in [4.78, 5) is 12.7. The summed E-state index contributed by atoms with van der Waals surface area (Å²) in [6.07, 6.45) is 2.43. The average molecular weight is 378 g/mol. The van der Waals surface area contributed by atoms with E-state index in [1.807, 2.05) is 17.6 Å². The number of hydrogen-bond acceptors (Lipinski definition) is 5. The van der Waals surface area contributed by atoms with Gasteiger partial charge in [0.1, 0.15) is 10.8 Å². The van der Waals surface area contributed by atoms with Crippen LogP contribution in [0.2, 0.25) is 0 Å². The fourth-order valence-electron chi connectivity index (χ4n) is 2.85. The first-order valence-corrected chi connectivity index (χ1v) is 10.3. The number of nitrogens with zero attached hydrogens (tertiary/aromatic N) is 1. The van der Waals surface area contributed by atoms with E-state index in [2.05, 4.69) is 10.0 Å². The van der Waals surface area contributed by atoms with Gasteiger partial charge in [0.2, 0.25) is 0 Å². The van der Waals surface area contributed by atoms with E-state index in [4.69, 9.17) is 0 Å². The van der Waals surface area contributed by atoms with Gasteiger partial charge in [-0.2, -0.15) is 0 Å². The van der Waals surface area contributed by atoms with Crippen LogP contribution in [0.4, 0.5) is 21.5 Å². The number of anilines is 3. The van der Waals surface area contributed by atoms with Crippen molar-refractivity contribution < 1.29 is 4.39 Å². The number of aryl methyl sites for hydroxylation is 1. The number of fused-ring (bicyclic) bond motifs is 1. The Kier molecular flexibility index (Phi) is 4.45. The van der Waals surface area contributed by atoms with Gasteiger partial charge in [0.25, 0.3) is 5.56 Å². The molecule has 1 fully saturated rings. The molecule has 4 rings (SSSR count). The molecule has 2 N–H and O–H groups in total. The van der Waals surface area contributed by atoms with Crippen LogP contribution < -0.4 is 15.6 Å². The van der Waals surface area contributed by atoms with E-state index in [1.54, 1.807) is 36.7 Å². The maximum atomic E-state index is 14.3. The largest absolute Gasteiger partial charge is 0.351 e. The molecule has 1 aliphatic heterocycles. The van der Waals surface area contributed by atoms with E-state index in [1.165, 1.54) is 18.9 Å². The fraction of sp³-hybridized carbons (Fsp3) is 0.389. The Balaban J connectivity index is 1.78. The number of rotatable bonds is 5. The molecule has 2 aliphatic rings. The van der Waals surface area contributed by atoms with Gasteiger partial charge in [-0.25, -0.2) is 4.39 Å². The van der Waals surface area contributed by atoms with Gasteiger partial charge >= 0.3 is 0 Å². The van der Waals surface area contributed by atoms with Crippen molar-refractivity contribution in [2.75, 3.05) is 15.8 Å². The van der Waals surface area contributed by atoms with Gasteiger partial charge in [-0.15, -0.1) is 11.8 Å². The number of nitrogens with one attached hydrogen (secondary N) is 2. The molecule has 0 spiro atoms. The smallest absolute Gasteiger partial charge is 0.256 e. The Hall–Kier alpha value is -1.60. The number of hydrogen-bond donors (Lipinski definition) is 2. The summed E-state index contributed by atoms with van der Waals surface area (Å²) in [7, 11) is 0. The average Bonchev–Trinajstić information content (AvgIpc) is 3.28. The Bertz CT molecular complexity index is 893. The minimum Gasteiger partial charge on any atom is -0.351 e. The molecule has 0 radical (unpaired) electrons. The second kappa shape index (κ2) is 6.61. The first-order chi connectivity index (χ1) is 12.0. The molecule has 1 aromatic carbocycles. The van der Waals surface area contributed by atoms with Crippen molar-refractivity contribution in [1.82, 2.24) is 4.57 Å². The number of aromatic nitrogens is 1. The molecule has 0 atom stereocenters. The molecule has 0 bridgehead atoms. The molecule has 1 aromatic heterocycles. The van der Waals surface area contributed by atoms with Gasteiger partial charge in [0.15, 0.2) is 0 Å². The topological polar surface area (TPSA) is 46.1 Å². The molecule has 4 nitrogen and oxygen atoms in total. The Morgan fingerprint density at radius 2 is 2.08 bits per heavy atom. The van der Waals surface area contributed by atoms with E-state index in [0.717, 1.165) is 28.6 Å². The van der Waals surface area contributed by atoms with Crippen LogP contribution in [0.5, 0.6) is 0 Å². The summed E-state index contributed by atoms with van der Waals surface area (Å²) in [5.41, 5.74) is 3.45. The quantitative estimate of drug-likeness (QED) is 0.741. The number of thioether (sulfide) groups is 1. The molecule has 2 aromatic rings. The van der Waals surface area contributed by atoms with Crippen molar-refractivity contribution in [2.45, 2.75) is 43.5 Å². The fourth-order valence-corrected chi connectivity index (χ4v) is 4.87. The number of pyridine rings is 1. The summed E-state index contributed by atoms with van der Waals surface area (Å²) in [5.74, 6) is 0.577. The van der Waals surface area contributed by atoms with Gasteiger partial charge in [-0.05, 0) is 56.3 Å². The summed E-state index contributed by atoms with van der Waals surface area (Å²) >= 11 is 3.37. The zero-order valence-electron chi connectivity index (χ0n) is 14.2. The first kappa shape index (κ1) is 16.8. The van der Waals surface area contributed by atoms with Crippen LogP contribution >= 0.6 is 23.7 Å². The molecule has 132 valence electrons. The molecule has 2 heterocycles. The third-order valence-corrected chi connectivity index (χ3v) is 6.65. The van der Waals surface area contributed by atoms with E-state index in [9.17, 15) is 9.18 Å². The van der Waals surface area contributed by atoms with Gasteiger partial charge < -0.3 is 14.6 Å². The second-order valence-corrected chi connectivity index (χ2v) is 8.70. The van der Waals surface area contributed by atoms with E-state index in [-0.39, 0.29) is 11.4 Å². The van der Waals surface area contributed by atoms with E-state index < -0.39 is 0 Å². The maximum absolute atomic E-state index is 14.3. The molecule has 25 heavy (non-hydrogen) atoms. The van der Waals surface area contributed by atoms with Crippen LogP contribution in [-0.2, 0) is 6.54 Å². The molecule has 1 saturated carbocycles. The molecular formula is C18H20FN3OS2. The lowest BCUT2D eigenvalue weighted by atomic mass is 10.1. The van der Waals surface area contributed by atoms with Crippen molar-refractivity contribution in [3.05, 3.63) is 45.5 Å². The summed E-state index contributed by atoms with van der Waals surface area (Å²) in [5, 5.41) is 4.74. The highest BCUT2D eigenvalue weighted by Crippen LogP contribution is 2.43. The van der Waals surface area contributed by atoms with Gasteiger partial charge in [0.05, 0.1) is 17.1 Å². The van der Waals surface area contributed by atoms with Crippen LogP contribution in [0.1, 0.15) is 24.0 Å². The molecule has 0 unspecified atom stereocenters. The standard InChI is InChI=1S/C18H20FN3OS2/c1-10-3-6-14(13(19)9-10)20-15-11(2)17(23)22-7-8-24-18(22)16(15)21-25-12-4-5-12/h3,6,9,12,20-21H,4-5,7-8H2,1-2H3. The first-order valence-electron chi connectivity index (χ1n) is 8.39. The molecular weight excluding hydrogens is 357 g/mol. The monoisotopic (exact) mass is 377 g/mol. The van der Waals surface area contributed by atoms with Crippen LogP contribution in [0.25, 0.3) is 0 Å². The van der Waals surface area contributed by atoms with Crippen molar-refractivity contribution in [3.63, 3.8) is 0 Å². The van der Waals surface area contributed by atoms with Crippen molar-refractivity contribution in [2.24, 2.45) is 0 Å². The maximum Gasteiger partial charge on any atom is 0.256 e. The summed E-state index contributed by atoms with van der Waals surface area (Å²) in [6, 6.07) is 5.08. The lowest BCUT2D eigenvalue weighted by Crippen LogP contribution is -2.24. The highest BCUT2D eigenvalue weighted by molar-refractivity contribution is 8.01.